The molecule has 0 unspecified atom stereocenters. The fourth-order valence-electron chi connectivity index (χ4n) is 3.02. The number of para-hydroxylation sites is 1. The van der Waals surface area contributed by atoms with E-state index in [9.17, 15) is 10.1 Å². The molecule has 0 fully saturated rings. The second-order valence-electron chi connectivity index (χ2n) is 6.53. The summed E-state index contributed by atoms with van der Waals surface area (Å²) in [6, 6.07) is 16.7. The van der Waals surface area contributed by atoms with Crippen LogP contribution in [0, 0.1) is 11.3 Å². The van der Waals surface area contributed by atoms with Crippen molar-refractivity contribution in [1.82, 2.24) is 9.97 Å². The summed E-state index contributed by atoms with van der Waals surface area (Å²) >= 11 is 7.37. The summed E-state index contributed by atoms with van der Waals surface area (Å²) in [4.78, 5) is 24.3. The molecule has 0 saturated carbocycles. The minimum absolute atomic E-state index is 0.283. The maximum absolute atomic E-state index is 13.4. The Hall–Kier alpha value is -3.01. The molecule has 0 bridgehead atoms. The van der Waals surface area contributed by atoms with Crippen molar-refractivity contribution in [2.24, 2.45) is 0 Å². The van der Waals surface area contributed by atoms with Crippen molar-refractivity contribution in [3.05, 3.63) is 64.1 Å². The third-order valence-corrected chi connectivity index (χ3v) is 5.77. The number of nitrogens with zero attached hydrogens (tertiary/aromatic N) is 4. The van der Waals surface area contributed by atoms with E-state index >= 15 is 0 Å². The van der Waals surface area contributed by atoms with Gasteiger partial charge < -0.3 is 4.90 Å². The molecule has 4 aromatic rings. The van der Waals surface area contributed by atoms with Gasteiger partial charge in [0.15, 0.2) is 11.7 Å². The molecule has 0 amide bonds. The minimum atomic E-state index is -0.989. The quantitative estimate of drug-likeness (QED) is 0.443. The Morgan fingerprint density at radius 1 is 1.14 bits per heavy atom. The number of carbonyl (C=O) groups excluding carboxylic acids is 1. The highest BCUT2D eigenvalue weighted by molar-refractivity contribution is 7.18. The summed E-state index contributed by atoms with van der Waals surface area (Å²) in [6.07, 6.45) is 0. The topological polar surface area (TPSA) is 69.9 Å². The average Bonchev–Trinajstić information content (AvgIpc) is 3.10. The van der Waals surface area contributed by atoms with Crippen LogP contribution >= 0.6 is 22.9 Å². The van der Waals surface area contributed by atoms with Crippen LogP contribution in [0.25, 0.3) is 21.1 Å². The Morgan fingerprint density at radius 2 is 1.93 bits per heavy atom. The van der Waals surface area contributed by atoms with Gasteiger partial charge in [-0.25, -0.2) is 9.97 Å². The molecule has 0 saturated heterocycles. The van der Waals surface area contributed by atoms with Gasteiger partial charge in [0.05, 0.1) is 21.8 Å². The Kier molecular flexibility index (Phi) is 4.71. The fraction of sp³-hybridized carbons (Fsp3) is 0.143. The Morgan fingerprint density at radius 3 is 2.68 bits per heavy atom. The summed E-state index contributed by atoms with van der Waals surface area (Å²) in [5.74, 6) is -0.610. The monoisotopic (exact) mass is 406 g/mol. The van der Waals surface area contributed by atoms with Crippen LogP contribution in [-0.4, -0.2) is 29.8 Å². The number of rotatable bonds is 4. The van der Waals surface area contributed by atoms with E-state index in [2.05, 4.69) is 16.0 Å². The van der Waals surface area contributed by atoms with E-state index in [1.165, 1.54) is 11.3 Å². The van der Waals surface area contributed by atoms with Crippen molar-refractivity contribution >= 4 is 55.7 Å². The number of fused-ring (bicyclic) bond motifs is 2. The SMILES string of the molecule is CN(C)c1cc(C(=O)[C@H](C#N)c2nc3cc(Cl)ccc3s2)c2ccccc2n1. The molecular formula is C21H15ClN4OS. The van der Waals surface area contributed by atoms with E-state index in [-0.39, 0.29) is 5.78 Å². The Balaban J connectivity index is 1.85. The second kappa shape index (κ2) is 7.19. The number of hydrogen-bond acceptors (Lipinski definition) is 6. The summed E-state index contributed by atoms with van der Waals surface area (Å²) in [5.41, 5.74) is 1.87. The van der Waals surface area contributed by atoms with Gasteiger partial charge in [-0.3, -0.25) is 4.79 Å². The first-order valence-electron chi connectivity index (χ1n) is 8.55. The number of hydrogen-bond donors (Lipinski definition) is 0. The summed E-state index contributed by atoms with van der Waals surface area (Å²) in [6.45, 7) is 0. The highest BCUT2D eigenvalue weighted by Crippen LogP contribution is 2.33. The largest absolute Gasteiger partial charge is 0.363 e. The lowest BCUT2D eigenvalue weighted by atomic mass is 9.96. The Bertz CT molecular complexity index is 1260. The normalized spacial score (nSPS) is 12.1. The Labute approximate surface area is 170 Å². The molecule has 0 radical (unpaired) electrons. The fourth-order valence-corrected chi connectivity index (χ4v) is 4.18. The molecule has 7 heteroatoms. The highest BCUT2D eigenvalue weighted by Gasteiger charge is 2.27. The number of nitriles is 1. The van der Waals surface area contributed by atoms with Crippen LogP contribution in [0.2, 0.25) is 5.02 Å². The van der Waals surface area contributed by atoms with Crippen LogP contribution in [0.1, 0.15) is 21.3 Å². The maximum Gasteiger partial charge on any atom is 0.187 e. The number of anilines is 1. The molecule has 0 aliphatic rings. The average molecular weight is 407 g/mol. The lowest BCUT2D eigenvalue weighted by Gasteiger charge is -2.15. The van der Waals surface area contributed by atoms with Crippen molar-refractivity contribution in [3.63, 3.8) is 0 Å². The molecule has 2 heterocycles. The van der Waals surface area contributed by atoms with Gasteiger partial charge in [-0.15, -0.1) is 11.3 Å². The molecule has 2 aromatic carbocycles. The highest BCUT2D eigenvalue weighted by atomic mass is 35.5. The molecule has 4 rings (SSSR count). The summed E-state index contributed by atoms with van der Waals surface area (Å²) in [5, 5.41) is 11.5. The third-order valence-electron chi connectivity index (χ3n) is 4.43. The van der Waals surface area contributed by atoms with E-state index in [1.807, 2.05) is 49.3 Å². The first-order chi connectivity index (χ1) is 13.5. The predicted octanol–water partition coefficient (Wildman–Crippen LogP) is 5.05. The molecule has 0 spiro atoms. The zero-order valence-corrected chi connectivity index (χ0v) is 16.8. The van der Waals surface area contributed by atoms with Crippen molar-refractivity contribution in [2.45, 2.75) is 5.92 Å². The molecule has 0 N–H and O–H groups in total. The van der Waals surface area contributed by atoms with E-state index in [1.54, 1.807) is 18.2 Å². The number of Topliss-reactive ketones (excluding diaryl/α,β-unsaturated/α-hetero) is 1. The first-order valence-corrected chi connectivity index (χ1v) is 9.74. The van der Waals surface area contributed by atoms with Gasteiger partial charge >= 0.3 is 0 Å². The number of aromatic nitrogens is 2. The van der Waals surface area contributed by atoms with Gasteiger partial charge in [0.2, 0.25) is 0 Å². The number of carbonyl (C=O) groups is 1. The summed E-state index contributed by atoms with van der Waals surface area (Å²) < 4.78 is 0.890. The molecule has 0 aliphatic carbocycles. The molecule has 5 nitrogen and oxygen atoms in total. The van der Waals surface area contributed by atoms with Crippen LogP contribution in [0.5, 0.6) is 0 Å². The van der Waals surface area contributed by atoms with Crippen LogP contribution in [0.4, 0.5) is 5.82 Å². The van der Waals surface area contributed by atoms with E-state index < -0.39 is 5.92 Å². The van der Waals surface area contributed by atoms with E-state index in [4.69, 9.17) is 11.6 Å². The van der Waals surface area contributed by atoms with Gasteiger partial charge in [0, 0.05) is 30.1 Å². The predicted molar refractivity (Wildman–Crippen MR) is 113 cm³/mol. The van der Waals surface area contributed by atoms with Gasteiger partial charge in [-0.2, -0.15) is 5.26 Å². The molecule has 0 aliphatic heterocycles. The van der Waals surface area contributed by atoms with Gasteiger partial charge in [0.25, 0.3) is 0 Å². The number of halogens is 1. The molecule has 28 heavy (non-hydrogen) atoms. The first kappa shape index (κ1) is 18.4. The third kappa shape index (κ3) is 3.19. The van der Waals surface area contributed by atoms with Crippen molar-refractivity contribution in [1.29, 1.82) is 5.26 Å². The van der Waals surface area contributed by atoms with Gasteiger partial charge in [-0.05, 0) is 30.3 Å². The summed E-state index contributed by atoms with van der Waals surface area (Å²) in [7, 11) is 3.73. The maximum atomic E-state index is 13.4. The molecule has 2 aromatic heterocycles. The van der Waals surface area contributed by atoms with Crippen molar-refractivity contribution < 1.29 is 4.79 Å². The number of ketones is 1. The van der Waals surface area contributed by atoms with Crippen LogP contribution in [0.3, 0.4) is 0 Å². The number of benzene rings is 2. The van der Waals surface area contributed by atoms with E-state index in [0.29, 0.717) is 32.4 Å². The zero-order valence-electron chi connectivity index (χ0n) is 15.2. The number of pyridine rings is 1. The van der Waals surface area contributed by atoms with Crippen molar-refractivity contribution in [2.75, 3.05) is 19.0 Å². The zero-order chi connectivity index (χ0) is 19.8. The second-order valence-corrected chi connectivity index (χ2v) is 8.03. The molecule has 1 atom stereocenters. The van der Waals surface area contributed by atoms with Gasteiger partial charge in [0.1, 0.15) is 10.8 Å². The minimum Gasteiger partial charge on any atom is -0.363 e. The smallest absolute Gasteiger partial charge is 0.187 e. The standard InChI is InChI=1S/C21H15ClN4OS/c1-26(2)19-10-14(13-5-3-4-6-16(13)24-19)20(27)15(11-23)21-25-17-9-12(22)7-8-18(17)28-21/h3-10,15H,1-2H3/t15-/m0/s1. The molecular weight excluding hydrogens is 392 g/mol. The lowest BCUT2D eigenvalue weighted by molar-refractivity contribution is 0.0980. The van der Waals surface area contributed by atoms with E-state index in [0.717, 1.165) is 10.1 Å². The van der Waals surface area contributed by atoms with Crippen LogP contribution in [0.15, 0.2) is 48.5 Å². The molecule has 138 valence electrons. The van der Waals surface area contributed by atoms with Crippen molar-refractivity contribution in [3.8, 4) is 6.07 Å². The lowest BCUT2D eigenvalue weighted by Crippen LogP contribution is -2.15. The number of thiazole rings is 1. The van der Waals surface area contributed by atoms with Gasteiger partial charge in [-0.1, -0.05) is 29.8 Å². The van der Waals surface area contributed by atoms with Crippen LogP contribution in [-0.2, 0) is 0 Å². The van der Waals surface area contributed by atoms with Crippen LogP contribution < -0.4 is 4.90 Å².